The fourth-order valence-electron chi connectivity index (χ4n) is 5.15. The van der Waals surface area contributed by atoms with E-state index in [2.05, 4.69) is 30.3 Å². The molecule has 5 rings (SSSR count). The predicted octanol–water partition coefficient (Wildman–Crippen LogP) is 4.75. The highest BCUT2D eigenvalue weighted by atomic mass is 32.2. The molecule has 1 N–H and O–H groups in total. The fourth-order valence-corrected chi connectivity index (χ4v) is 5.95. The van der Waals surface area contributed by atoms with Crippen molar-refractivity contribution in [1.82, 2.24) is 19.2 Å². The minimum Gasteiger partial charge on any atom is -0.325 e. The topological polar surface area (TPSA) is 81.3 Å². The van der Waals surface area contributed by atoms with Gasteiger partial charge in [-0.1, -0.05) is 62.0 Å². The second kappa shape index (κ2) is 9.00. The van der Waals surface area contributed by atoms with E-state index in [4.69, 9.17) is 4.98 Å². The van der Waals surface area contributed by atoms with E-state index in [9.17, 15) is 9.59 Å². The van der Waals surface area contributed by atoms with E-state index >= 15 is 0 Å². The molecule has 2 aromatic heterocycles. The van der Waals surface area contributed by atoms with Gasteiger partial charge in [0.15, 0.2) is 5.16 Å². The summed E-state index contributed by atoms with van der Waals surface area (Å²) in [4.78, 5) is 31.7. The van der Waals surface area contributed by atoms with Crippen molar-refractivity contribution in [3.8, 4) is 11.3 Å². The molecule has 0 atom stereocenters. The summed E-state index contributed by atoms with van der Waals surface area (Å²) >= 11 is 1.25. The zero-order valence-electron chi connectivity index (χ0n) is 20.5. The average Bonchev–Trinajstić information content (AvgIpc) is 3.18. The number of fused-ring (bicyclic) bond motifs is 4. The van der Waals surface area contributed by atoms with E-state index in [-0.39, 0.29) is 22.6 Å². The minimum absolute atomic E-state index is 0.0853. The van der Waals surface area contributed by atoms with Crippen LogP contribution in [0.1, 0.15) is 43.4 Å². The Labute approximate surface area is 208 Å². The highest BCUT2D eigenvalue weighted by Gasteiger charge is 2.40. The van der Waals surface area contributed by atoms with Crippen molar-refractivity contribution in [3.63, 3.8) is 0 Å². The Morgan fingerprint density at radius 2 is 1.91 bits per heavy atom. The van der Waals surface area contributed by atoms with Crippen molar-refractivity contribution in [1.29, 1.82) is 0 Å². The molecule has 0 saturated carbocycles. The Kier molecular flexibility index (Phi) is 6.01. The lowest BCUT2D eigenvalue weighted by atomic mass is 9.66. The van der Waals surface area contributed by atoms with Crippen LogP contribution < -0.4 is 10.9 Å². The van der Waals surface area contributed by atoms with Crippen LogP contribution in [-0.2, 0) is 23.7 Å². The van der Waals surface area contributed by atoms with Crippen LogP contribution >= 0.6 is 11.8 Å². The number of hydrogen-bond acceptors (Lipinski definition) is 5. The van der Waals surface area contributed by atoms with Crippen LogP contribution in [0.5, 0.6) is 0 Å². The van der Waals surface area contributed by atoms with Gasteiger partial charge in [-0.25, -0.2) is 14.1 Å². The van der Waals surface area contributed by atoms with Gasteiger partial charge < -0.3 is 5.32 Å². The summed E-state index contributed by atoms with van der Waals surface area (Å²) in [6, 6.07) is 15.9. The smallest absolute Gasteiger partial charge is 0.265 e. The highest BCUT2D eigenvalue weighted by molar-refractivity contribution is 7.99. The van der Waals surface area contributed by atoms with Crippen molar-refractivity contribution in [2.45, 2.75) is 50.6 Å². The lowest BCUT2D eigenvalue weighted by Crippen LogP contribution is -2.39. The molecule has 180 valence electrons. The summed E-state index contributed by atoms with van der Waals surface area (Å²) in [7, 11) is 1.78. The molecule has 35 heavy (non-hydrogen) atoms. The molecule has 4 aromatic rings. The number of hydrogen-bond donors (Lipinski definition) is 1. The van der Waals surface area contributed by atoms with Gasteiger partial charge in [0, 0.05) is 23.7 Å². The number of carbonyl (C=O) groups excluding carboxylic acids is 1. The summed E-state index contributed by atoms with van der Waals surface area (Å²) in [6.45, 7) is 6.27. The molecule has 0 spiro atoms. The number of thioether (sulfide) groups is 1. The molecule has 0 fully saturated rings. The van der Waals surface area contributed by atoms with Gasteiger partial charge in [0.1, 0.15) is 0 Å². The van der Waals surface area contributed by atoms with Gasteiger partial charge in [-0.3, -0.25) is 9.59 Å². The molecule has 2 heterocycles. The van der Waals surface area contributed by atoms with E-state index in [0.717, 1.165) is 47.3 Å². The van der Waals surface area contributed by atoms with Gasteiger partial charge in [0.05, 0.1) is 17.0 Å². The second-order valence-corrected chi connectivity index (χ2v) is 10.2. The van der Waals surface area contributed by atoms with Crippen LogP contribution in [0, 0.1) is 6.92 Å². The van der Waals surface area contributed by atoms with E-state index in [0.29, 0.717) is 10.9 Å². The van der Waals surface area contributed by atoms with Gasteiger partial charge in [-0.05, 0) is 49.4 Å². The van der Waals surface area contributed by atoms with E-state index in [1.54, 1.807) is 16.1 Å². The molecule has 0 saturated heterocycles. The van der Waals surface area contributed by atoms with Crippen LogP contribution in [0.2, 0.25) is 0 Å². The summed E-state index contributed by atoms with van der Waals surface area (Å²) in [5, 5.41) is 7.96. The van der Waals surface area contributed by atoms with Gasteiger partial charge in [-0.2, -0.15) is 0 Å². The molecule has 0 unspecified atom stereocenters. The van der Waals surface area contributed by atoms with Crippen molar-refractivity contribution in [2.24, 2.45) is 7.05 Å². The SMILES string of the molecule is CCC1(CC)Cc2ccccc2-c2nc3n(C)nc(SCC(=O)Nc4cccc(C)c4)n3c(=O)c21. The Balaban J connectivity index is 1.56. The molecule has 2 aromatic carbocycles. The number of benzene rings is 2. The molecule has 1 aliphatic carbocycles. The minimum atomic E-state index is -0.282. The standard InChI is InChI=1S/C27H29N5O2S/c1-5-27(6-2)15-18-11-7-8-13-20(18)23-22(27)24(34)32-25(29-23)31(4)30-26(32)35-16-21(33)28-19-12-9-10-17(3)14-19/h7-14H,5-6,15-16H2,1-4H3,(H,28,33). The van der Waals surface area contributed by atoms with E-state index in [1.807, 2.05) is 49.4 Å². The summed E-state index contributed by atoms with van der Waals surface area (Å²) in [6.07, 6.45) is 2.50. The Hall–Kier alpha value is -3.39. The monoisotopic (exact) mass is 487 g/mol. The molecule has 1 amide bonds. The number of nitrogens with one attached hydrogen (secondary N) is 1. The first-order valence-electron chi connectivity index (χ1n) is 11.9. The maximum atomic E-state index is 14.1. The molecule has 0 aliphatic heterocycles. The summed E-state index contributed by atoms with van der Waals surface area (Å²) in [5.74, 6) is 0.468. The fraction of sp³-hybridized carbons (Fsp3) is 0.333. The van der Waals surface area contributed by atoms with Gasteiger partial charge in [0.2, 0.25) is 11.7 Å². The van der Waals surface area contributed by atoms with Crippen molar-refractivity contribution in [2.75, 3.05) is 11.1 Å². The average molecular weight is 488 g/mol. The quantitative estimate of drug-likeness (QED) is 0.397. The molecule has 1 aliphatic rings. The molecule has 7 nitrogen and oxygen atoms in total. The molecule has 0 bridgehead atoms. The van der Waals surface area contributed by atoms with Crippen LogP contribution in [0.15, 0.2) is 58.5 Å². The van der Waals surface area contributed by atoms with Crippen molar-refractivity contribution in [3.05, 3.63) is 75.6 Å². The van der Waals surface area contributed by atoms with Gasteiger partial charge >= 0.3 is 0 Å². The van der Waals surface area contributed by atoms with Crippen LogP contribution in [-0.4, -0.2) is 30.8 Å². The third kappa shape index (κ3) is 3.95. The molecule has 0 radical (unpaired) electrons. The van der Waals surface area contributed by atoms with Crippen LogP contribution in [0.4, 0.5) is 5.69 Å². The number of amides is 1. The lowest BCUT2D eigenvalue weighted by molar-refractivity contribution is -0.113. The van der Waals surface area contributed by atoms with E-state index in [1.165, 1.54) is 17.3 Å². The van der Waals surface area contributed by atoms with Crippen LogP contribution in [0.3, 0.4) is 0 Å². The summed E-state index contributed by atoms with van der Waals surface area (Å²) < 4.78 is 3.21. The van der Waals surface area contributed by atoms with E-state index < -0.39 is 0 Å². The first kappa shape index (κ1) is 23.4. The Morgan fingerprint density at radius 3 is 2.66 bits per heavy atom. The lowest BCUT2D eigenvalue weighted by Gasteiger charge is -2.37. The zero-order chi connectivity index (χ0) is 24.7. The number of nitrogens with zero attached hydrogens (tertiary/aromatic N) is 4. The first-order chi connectivity index (χ1) is 16.9. The molecular weight excluding hydrogens is 458 g/mol. The molecule has 8 heteroatoms. The second-order valence-electron chi connectivity index (χ2n) is 9.21. The highest BCUT2D eigenvalue weighted by Crippen LogP contribution is 2.44. The normalized spacial score (nSPS) is 13.9. The first-order valence-corrected chi connectivity index (χ1v) is 12.9. The number of aromatic nitrogens is 4. The number of aryl methyl sites for hydroxylation is 2. The number of anilines is 1. The third-order valence-electron chi connectivity index (χ3n) is 7.10. The van der Waals surface area contributed by atoms with Gasteiger partial charge in [-0.15, -0.1) is 5.10 Å². The maximum absolute atomic E-state index is 14.1. The number of rotatable bonds is 6. The van der Waals surface area contributed by atoms with Gasteiger partial charge in [0.25, 0.3) is 5.56 Å². The van der Waals surface area contributed by atoms with Crippen LogP contribution in [0.25, 0.3) is 17.0 Å². The zero-order valence-corrected chi connectivity index (χ0v) is 21.3. The largest absolute Gasteiger partial charge is 0.325 e. The van der Waals surface area contributed by atoms with Crippen molar-refractivity contribution >= 4 is 29.1 Å². The Bertz CT molecular complexity index is 1500. The summed E-state index contributed by atoms with van der Waals surface area (Å²) in [5.41, 5.74) is 5.23. The van der Waals surface area contributed by atoms with Crippen molar-refractivity contribution < 1.29 is 4.79 Å². The number of carbonyl (C=O) groups is 1. The third-order valence-corrected chi connectivity index (χ3v) is 8.03. The Morgan fingerprint density at radius 1 is 1.14 bits per heavy atom. The predicted molar refractivity (Wildman–Crippen MR) is 140 cm³/mol. The maximum Gasteiger partial charge on any atom is 0.265 e. The molecular formula is C27H29N5O2S.